The average molecular weight is 257 g/mol. The van der Waals surface area contributed by atoms with Crippen molar-refractivity contribution in [2.45, 2.75) is 6.61 Å². The van der Waals surface area contributed by atoms with Crippen molar-refractivity contribution < 1.29 is 9.52 Å². The van der Waals surface area contributed by atoms with Gasteiger partial charge < -0.3 is 9.52 Å². The van der Waals surface area contributed by atoms with Crippen LogP contribution in [0.25, 0.3) is 22.4 Å². The first-order valence-electron chi connectivity index (χ1n) is 5.72. The van der Waals surface area contributed by atoms with Gasteiger partial charge in [0, 0.05) is 18.8 Å². The van der Waals surface area contributed by atoms with Crippen molar-refractivity contribution in [3.05, 3.63) is 46.8 Å². The average Bonchev–Trinajstić information content (AvgIpc) is 2.74. The molecule has 0 radical (unpaired) electrons. The highest BCUT2D eigenvalue weighted by Gasteiger charge is 2.08. The predicted octanol–water partition coefficient (Wildman–Crippen LogP) is 1.08. The van der Waals surface area contributed by atoms with E-state index in [-0.39, 0.29) is 6.61 Å². The van der Waals surface area contributed by atoms with E-state index >= 15 is 0 Å². The Bertz CT molecular complexity index is 804. The second kappa shape index (κ2) is 4.33. The number of hydrogen-bond acceptors (Lipinski definition) is 5. The lowest BCUT2D eigenvalue weighted by Crippen LogP contribution is -2.08. The van der Waals surface area contributed by atoms with Gasteiger partial charge in [0.1, 0.15) is 6.61 Å². The Morgan fingerprint density at radius 1 is 1.37 bits per heavy atom. The Morgan fingerprint density at radius 2 is 2.21 bits per heavy atom. The molecule has 3 rings (SSSR count). The van der Waals surface area contributed by atoms with Crippen LogP contribution in [0.4, 0.5) is 0 Å². The van der Waals surface area contributed by atoms with Crippen LogP contribution < -0.4 is 5.76 Å². The van der Waals surface area contributed by atoms with Gasteiger partial charge in [-0.15, -0.1) is 0 Å². The molecule has 0 atom stereocenters. The summed E-state index contributed by atoms with van der Waals surface area (Å²) in [5, 5.41) is 9.04. The molecular weight excluding hydrogens is 246 g/mol. The SMILES string of the molecule is Cn1c(=O)oc2ccc(-c3ccnc(CO)n3)cc21. The third kappa shape index (κ3) is 1.92. The Kier molecular flexibility index (Phi) is 2.64. The van der Waals surface area contributed by atoms with Crippen molar-refractivity contribution >= 4 is 11.1 Å². The van der Waals surface area contributed by atoms with Gasteiger partial charge in [-0.3, -0.25) is 4.57 Å². The van der Waals surface area contributed by atoms with E-state index in [2.05, 4.69) is 9.97 Å². The highest BCUT2D eigenvalue weighted by molar-refractivity contribution is 5.79. The summed E-state index contributed by atoms with van der Waals surface area (Å²) in [5.41, 5.74) is 2.76. The molecule has 0 saturated heterocycles. The van der Waals surface area contributed by atoms with Gasteiger partial charge in [0.2, 0.25) is 0 Å². The van der Waals surface area contributed by atoms with E-state index < -0.39 is 5.76 Å². The highest BCUT2D eigenvalue weighted by atomic mass is 16.4. The van der Waals surface area contributed by atoms with Crippen LogP contribution in [0.2, 0.25) is 0 Å². The number of oxazole rings is 1. The summed E-state index contributed by atoms with van der Waals surface area (Å²) < 4.78 is 6.51. The predicted molar refractivity (Wildman–Crippen MR) is 68.4 cm³/mol. The van der Waals surface area contributed by atoms with Crippen molar-refractivity contribution in [3.63, 3.8) is 0 Å². The molecular formula is C13H11N3O3. The van der Waals surface area contributed by atoms with Crippen LogP contribution >= 0.6 is 0 Å². The minimum atomic E-state index is -0.397. The quantitative estimate of drug-likeness (QED) is 0.743. The van der Waals surface area contributed by atoms with E-state index in [4.69, 9.17) is 9.52 Å². The Labute approximate surface area is 108 Å². The van der Waals surface area contributed by atoms with Gasteiger partial charge >= 0.3 is 5.76 Å². The van der Waals surface area contributed by atoms with Crippen LogP contribution in [0.15, 0.2) is 39.7 Å². The summed E-state index contributed by atoms with van der Waals surface area (Å²) in [6.07, 6.45) is 1.59. The summed E-state index contributed by atoms with van der Waals surface area (Å²) in [5.74, 6) is -0.0374. The number of hydrogen-bond donors (Lipinski definition) is 1. The Balaban J connectivity index is 2.19. The molecule has 3 aromatic rings. The number of rotatable bonds is 2. The molecule has 2 aromatic heterocycles. The van der Waals surface area contributed by atoms with E-state index in [1.54, 1.807) is 25.4 Å². The van der Waals surface area contributed by atoms with Gasteiger partial charge in [-0.25, -0.2) is 14.8 Å². The molecule has 0 aliphatic rings. The van der Waals surface area contributed by atoms with Crippen LogP contribution in [0, 0.1) is 0 Å². The minimum absolute atomic E-state index is 0.208. The molecule has 6 nitrogen and oxygen atoms in total. The van der Waals surface area contributed by atoms with E-state index in [9.17, 15) is 4.79 Å². The fraction of sp³-hybridized carbons (Fsp3) is 0.154. The molecule has 2 heterocycles. The smallest absolute Gasteiger partial charge is 0.408 e. The first-order valence-corrected chi connectivity index (χ1v) is 5.72. The number of fused-ring (bicyclic) bond motifs is 1. The number of aryl methyl sites for hydroxylation is 1. The van der Waals surface area contributed by atoms with E-state index in [0.717, 1.165) is 5.56 Å². The van der Waals surface area contributed by atoms with E-state index in [1.807, 2.05) is 12.1 Å². The summed E-state index contributed by atoms with van der Waals surface area (Å²) in [7, 11) is 1.65. The third-order valence-corrected chi connectivity index (χ3v) is 2.93. The molecule has 1 N–H and O–H groups in total. The fourth-order valence-corrected chi connectivity index (χ4v) is 1.92. The van der Waals surface area contributed by atoms with Gasteiger partial charge in [-0.05, 0) is 24.3 Å². The Hall–Kier alpha value is -2.47. The maximum Gasteiger partial charge on any atom is 0.419 e. The molecule has 0 spiro atoms. The first-order chi connectivity index (χ1) is 9.19. The van der Waals surface area contributed by atoms with Crippen molar-refractivity contribution in [2.24, 2.45) is 7.05 Å². The largest absolute Gasteiger partial charge is 0.419 e. The molecule has 19 heavy (non-hydrogen) atoms. The number of aliphatic hydroxyl groups excluding tert-OH is 1. The number of nitrogens with zero attached hydrogens (tertiary/aromatic N) is 3. The number of benzene rings is 1. The van der Waals surface area contributed by atoms with Crippen LogP contribution in [0.1, 0.15) is 5.82 Å². The zero-order valence-corrected chi connectivity index (χ0v) is 10.2. The van der Waals surface area contributed by atoms with E-state index in [1.165, 1.54) is 4.57 Å². The van der Waals surface area contributed by atoms with Gasteiger partial charge in [0.25, 0.3) is 0 Å². The van der Waals surface area contributed by atoms with Gasteiger partial charge in [-0.2, -0.15) is 0 Å². The van der Waals surface area contributed by atoms with Crippen LogP contribution in [0.3, 0.4) is 0 Å². The molecule has 0 bridgehead atoms. The summed E-state index contributed by atoms with van der Waals surface area (Å²) in [4.78, 5) is 19.6. The number of aromatic nitrogens is 3. The molecule has 0 fully saturated rings. The Morgan fingerprint density at radius 3 is 3.00 bits per heavy atom. The second-order valence-corrected chi connectivity index (χ2v) is 4.13. The lowest BCUT2D eigenvalue weighted by molar-refractivity contribution is 0.271. The summed E-state index contributed by atoms with van der Waals surface area (Å²) in [6.45, 7) is -0.208. The van der Waals surface area contributed by atoms with Crippen molar-refractivity contribution in [1.82, 2.24) is 14.5 Å². The maximum absolute atomic E-state index is 11.4. The van der Waals surface area contributed by atoms with Crippen LogP contribution in [-0.4, -0.2) is 19.6 Å². The summed E-state index contributed by atoms with van der Waals surface area (Å²) >= 11 is 0. The third-order valence-electron chi connectivity index (χ3n) is 2.93. The molecule has 6 heteroatoms. The molecule has 1 aromatic carbocycles. The summed E-state index contributed by atoms with van der Waals surface area (Å²) in [6, 6.07) is 7.11. The molecule has 0 aliphatic heterocycles. The van der Waals surface area contributed by atoms with Crippen molar-refractivity contribution in [2.75, 3.05) is 0 Å². The van der Waals surface area contributed by atoms with Crippen LogP contribution in [0.5, 0.6) is 0 Å². The lowest BCUT2D eigenvalue weighted by atomic mass is 10.1. The van der Waals surface area contributed by atoms with Gasteiger partial charge in [-0.1, -0.05) is 0 Å². The standard InChI is InChI=1S/C13H11N3O3/c1-16-10-6-8(2-3-11(10)19-13(16)18)9-4-5-14-12(7-17)15-9/h2-6,17H,7H2,1H3. The maximum atomic E-state index is 11.4. The lowest BCUT2D eigenvalue weighted by Gasteiger charge is -2.02. The van der Waals surface area contributed by atoms with Crippen molar-refractivity contribution in [1.29, 1.82) is 0 Å². The van der Waals surface area contributed by atoms with Crippen LogP contribution in [-0.2, 0) is 13.7 Å². The van der Waals surface area contributed by atoms with Gasteiger partial charge in [0.15, 0.2) is 11.4 Å². The second-order valence-electron chi connectivity index (χ2n) is 4.13. The number of aliphatic hydroxyl groups is 1. The van der Waals surface area contributed by atoms with Gasteiger partial charge in [0.05, 0.1) is 11.2 Å². The zero-order valence-electron chi connectivity index (χ0n) is 10.2. The molecule has 0 aliphatic carbocycles. The van der Waals surface area contributed by atoms with E-state index in [0.29, 0.717) is 22.6 Å². The minimum Gasteiger partial charge on any atom is -0.408 e. The molecule has 0 amide bonds. The van der Waals surface area contributed by atoms with Crippen molar-refractivity contribution in [3.8, 4) is 11.3 Å². The molecule has 0 unspecified atom stereocenters. The molecule has 96 valence electrons. The first kappa shape index (κ1) is 11.6. The topological polar surface area (TPSA) is 81.2 Å². The zero-order chi connectivity index (χ0) is 13.4. The highest BCUT2D eigenvalue weighted by Crippen LogP contribution is 2.22. The molecule has 0 saturated carbocycles. The normalized spacial score (nSPS) is 11.1. The monoisotopic (exact) mass is 257 g/mol. The fourth-order valence-electron chi connectivity index (χ4n) is 1.92.